The predicted octanol–water partition coefficient (Wildman–Crippen LogP) is 4.34. The van der Waals surface area contributed by atoms with Crippen LogP contribution in [0, 0.1) is 24.6 Å². The van der Waals surface area contributed by atoms with Gasteiger partial charge >= 0.3 is 0 Å². The van der Waals surface area contributed by atoms with Crippen LogP contribution in [0.5, 0.6) is 0 Å². The zero-order valence-electron chi connectivity index (χ0n) is 13.2. The molecular weight excluding hydrogens is 237 g/mol. The van der Waals surface area contributed by atoms with Crippen molar-refractivity contribution in [2.75, 3.05) is 6.54 Å². The molecule has 0 bridgehead atoms. The number of benzene rings is 1. The summed E-state index contributed by atoms with van der Waals surface area (Å²) in [7, 11) is 0. The third-order valence-electron chi connectivity index (χ3n) is 3.78. The fourth-order valence-corrected chi connectivity index (χ4v) is 2.08. The highest BCUT2D eigenvalue weighted by atomic mass is 19.1. The second-order valence-corrected chi connectivity index (χ2v) is 6.86. The van der Waals surface area contributed by atoms with E-state index in [0.29, 0.717) is 11.8 Å². The van der Waals surface area contributed by atoms with Crippen LogP contribution in [0.4, 0.5) is 4.39 Å². The van der Waals surface area contributed by atoms with Gasteiger partial charge in [0.2, 0.25) is 0 Å². The van der Waals surface area contributed by atoms with Crippen molar-refractivity contribution in [2.24, 2.45) is 11.8 Å². The molecule has 1 aromatic carbocycles. The molecule has 1 nitrogen and oxygen atoms in total. The SMILES string of the molecule is Cc1ccc(F)cc1CC(C)C(C)CNC(C)(C)C. The zero-order valence-corrected chi connectivity index (χ0v) is 13.2. The number of hydrogen-bond donors (Lipinski definition) is 1. The lowest BCUT2D eigenvalue weighted by Crippen LogP contribution is -2.40. The van der Waals surface area contributed by atoms with E-state index in [1.54, 1.807) is 6.07 Å². The highest BCUT2D eigenvalue weighted by Crippen LogP contribution is 2.20. The molecule has 0 fully saturated rings. The molecule has 0 saturated heterocycles. The number of hydrogen-bond acceptors (Lipinski definition) is 1. The van der Waals surface area contributed by atoms with Gasteiger partial charge in [0.25, 0.3) is 0 Å². The first-order valence-corrected chi connectivity index (χ1v) is 7.19. The first kappa shape index (κ1) is 16.2. The summed E-state index contributed by atoms with van der Waals surface area (Å²) in [5.74, 6) is 0.977. The number of nitrogens with one attached hydrogen (secondary N) is 1. The van der Waals surface area contributed by atoms with E-state index in [2.05, 4.69) is 46.9 Å². The average molecular weight is 265 g/mol. The van der Waals surface area contributed by atoms with Gasteiger partial charge in [-0.1, -0.05) is 19.9 Å². The van der Waals surface area contributed by atoms with Crippen LogP contribution in [0.1, 0.15) is 45.7 Å². The van der Waals surface area contributed by atoms with Crippen molar-refractivity contribution in [3.63, 3.8) is 0 Å². The van der Waals surface area contributed by atoms with E-state index in [0.717, 1.165) is 18.5 Å². The third kappa shape index (κ3) is 5.73. The predicted molar refractivity (Wildman–Crippen MR) is 80.9 cm³/mol. The summed E-state index contributed by atoms with van der Waals surface area (Å²) in [5.41, 5.74) is 2.47. The van der Waals surface area contributed by atoms with E-state index in [1.807, 2.05) is 6.07 Å². The molecule has 2 heteroatoms. The van der Waals surface area contributed by atoms with Gasteiger partial charge in [-0.15, -0.1) is 0 Å². The minimum atomic E-state index is -0.131. The molecule has 1 N–H and O–H groups in total. The van der Waals surface area contributed by atoms with E-state index in [9.17, 15) is 4.39 Å². The van der Waals surface area contributed by atoms with E-state index < -0.39 is 0 Å². The summed E-state index contributed by atoms with van der Waals surface area (Å²) in [6, 6.07) is 5.08. The minimum absolute atomic E-state index is 0.131. The maximum atomic E-state index is 13.3. The van der Waals surface area contributed by atoms with Crippen molar-refractivity contribution in [3.05, 3.63) is 35.1 Å². The highest BCUT2D eigenvalue weighted by molar-refractivity contribution is 5.26. The van der Waals surface area contributed by atoms with Crippen LogP contribution in [0.25, 0.3) is 0 Å². The third-order valence-corrected chi connectivity index (χ3v) is 3.78. The van der Waals surface area contributed by atoms with E-state index >= 15 is 0 Å². The van der Waals surface area contributed by atoms with Gasteiger partial charge in [-0.05, 0) is 75.8 Å². The molecule has 108 valence electrons. The van der Waals surface area contributed by atoms with Gasteiger partial charge in [0, 0.05) is 5.54 Å². The summed E-state index contributed by atoms with van der Waals surface area (Å²) in [5, 5.41) is 3.54. The molecule has 0 aliphatic rings. The monoisotopic (exact) mass is 265 g/mol. The molecule has 0 aromatic heterocycles. The first-order valence-electron chi connectivity index (χ1n) is 7.19. The lowest BCUT2D eigenvalue weighted by Gasteiger charge is -2.27. The number of rotatable bonds is 5. The van der Waals surface area contributed by atoms with Crippen molar-refractivity contribution in [2.45, 2.75) is 53.5 Å². The van der Waals surface area contributed by atoms with Gasteiger partial charge in [0.15, 0.2) is 0 Å². The maximum Gasteiger partial charge on any atom is 0.123 e. The maximum absolute atomic E-state index is 13.3. The average Bonchev–Trinajstić information content (AvgIpc) is 2.29. The van der Waals surface area contributed by atoms with Crippen LogP contribution in [0.2, 0.25) is 0 Å². The molecule has 0 spiro atoms. The van der Waals surface area contributed by atoms with Crippen LogP contribution >= 0.6 is 0 Å². The second kappa shape index (κ2) is 6.51. The van der Waals surface area contributed by atoms with Gasteiger partial charge in [-0.25, -0.2) is 4.39 Å². The van der Waals surface area contributed by atoms with Crippen LogP contribution in [0.15, 0.2) is 18.2 Å². The topological polar surface area (TPSA) is 12.0 Å². The van der Waals surface area contributed by atoms with Gasteiger partial charge in [0.05, 0.1) is 0 Å². The van der Waals surface area contributed by atoms with E-state index in [1.165, 1.54) is 11.6 Å². The Bertz CT molecular complexity index is 406. The lowest BCUT2D eigenvalue weighted by atomic mass is 9.87. The molecule has 0 aliphatic carbocycles. The van der Waals surface area contributed by atoms with Gasteiger partial charge < -0.3 is 5.32 Å². The van der Waals surface area contributed by atoms with Gasteiger partial charge in [-0.2, -0.15) is 0 Å². The van der Waals surface area contributed by atoms with Crippen LogP contribution in [-0.4, -0.2) is 12.1 Å². The van der Waals surface area contributed by atoms with Crippen molar-refractivity contribution in [3.8, 4) is 0 Å². The van der Waals surface area contributed by atoms with Crippen LogP contribution in [-0.2, 0) is 6.42 Å². The molecular formula is C17H28FN. The molecule has 2 atom stereocenters. The second-order valence-electron chi connectivity index (χ2n) is 6.86. The normalized spacial score (nSPS) is 15.3. The molecule has 2 unspecified atom stereocenters. The molecule has 1 aromatic rings. The lowest BCUT2D eigenvalue weighted by molar-refractivity contribution is 0.317. The van der Waals surface area contributed by atoms with Crippen molar-refractivity contribution in [1.82, 2.24) is 5.32 Å². The first-order chi connectivity index (χ1) is 8.69. The Labute approximate surface area is 117 Å². The summed E-state index contributed by atoms with van der Waals surface area (Å²) in [4.78, 5) is 0. The molecule has 0 amide bonds. The van der Waals surface area contributed by atoms with Crippen LogP contribution < -0.4 is 5.32 Å². The fraction of sp³-hybridized carbons (Fsp3) is 0.647. The number of aryl methyl sites for hydroxylation is 1. The summed E-state index contributed by atoms with van der Waals surface area (Å²) >= 11 is 0. The zero-order chi connectivity index (χ0) is 14.6. The Morgan fingerprint density at radius 2 is 1.79 bits per heavy atom. The van der Waals surface area contributed by atoms with Gasteiger partial charge in [-0.3, -0.25) is 0 Å². The molecule has 0 radical (unpaired) electrons. The molecule has 0 heterocycles. The minimum Gasteiger partial charge on any atom is -0.312 e. The Kier molecular flexibility index (Phi) is 5.54. The molecule has 0 saturated carbocycles. The van der Waals surface area contributed by atoms with Gasteiger partial charge in [0.1, 0.15) is 5.82 Å². The summed E-state index contributed by atoms with van der Waals surface area (Å²) < 4.78 is 13.3. The van der Waals surface area contributed by atoms with Crippen LogP contribution in [0.3, 0.4) is 0 Å². The fourth-order valence-electron chi connectivity index (χ4n) is 2.08. The quantitative estimate of drug-likeness (QED) is 0.835. The molecule has 19 heavy (non-hydrogen) atoms. The van der Waals surface area contributed by atoms with E-state index in [-0.39, 0.29) is 11.4 Å². The highest BCUT2D eigenvalue weighted by Gasteiger charge is 2.17. The molecule has 0 aliphatic heterocycles. The Morgan fingerprint density at radius 3 is 2.37 bits per heavy atom. The van der Waals surface area contributed by atoms with Crippen molar-refractivity contribution >= 4 is 0 Å². The Morgan fingerprint density at radius 1 is 1.16 bits per heavy atom. The van der Waals surface area contributed by atoms with E-state index in [4.69, 9.17) is 0 Å². The summed E-state index contributed by atoms with van der Waals surface area (Å²) in [6.45, 7) is 14.1. The summed E-state index contributed by atoms with van der Waals surface area (Å²) in [6.07, 6.45) is 0.941. The standard InChI is InChI=1S/C17H28FN/c1-12-7-8-16(18)10-15(12)9-13(2)14(3)11-19-17(4,5)6/h7-8,10,13-14,19H,9,11H2,1-6H3. The number of halogens is 1. The molecule has 1 rings (SSSR count). The smallest absolute Gasteiger partial charge is 0.123 e. The largest absolute Gasteiger partial charge is 0.312 e. The Hall–Kier alpha value is -0.890. The van der Waals surface area contributed by atoms with Crippen molar-refractivity contribution in [1.29, 1.82) is 0 Å². The van der Waals surface area contributed by atoms with Crippen molar-refractivity contribution < 1.29 is 4.39 Å². The Balaban J connectivity index is 2.58.